The highest BCUT2D eigenvalue weighted by Gasteiger charge is 2.49. The molecule has 3 aromatic rings. The second-order valence-electron chi connectivity index (χ2n) is 11.7. The van der Waals surface area contributed by atoms with Crippen molar-refractivity contribution in [1.82, 2.24) is 9.80 Å². The third-order valence-corrected chi connectivity index (χ3v) is 9.37. The van der Waals surface area contributed by atoms with Crippen LogP contribution in [0.2, 0.25) is 0 Å². The van der Waals surface area contributed by atoms with Crippen LogP contribution < -0.4 is 0 Å². The van der Waals surface area contributed by atoms with Crippen molar-refractivity contribution in [3.8, 4) is 11.5 Å². The Labute approximate surface area is 234 Å². The standard InChI is InChI=1S/C33H35FN2O4/c1-20-26(9-4-10-29(20)34)31-27(32(39)22-5-2-7-24(37)16-22)18-36(30-15-21-11-13-35(30)14-12-21)19-28(31)33(40)23-6-3-8-25(38)17-23/h2-10,16-17,21,27-28,30-31,37-38H,11-15,18-19H2,1H3/t27-,28+,30-,31-/m1/s1. The lowest BCUT2D eigenvalue weighted by Crippen LogP contribution is -2.62. The van der Waals surface area contributed by atoms with Gasteiger partial charge in [-0.1, -0.05) is 36.4 Å². The molecule has 0 unspecified atom stereocenters. The number of halogens is 1. The Balaban J connectivity index is 1.48. The molecule has 0 aliphatic carbocycles. The highest BCUT2D eigenvalue weighted by Crippen LogP contribution is 2.45. The smallest absolute Gasteiger partial charge is 0.167 e. The third-order valence-electron chi connectivity index (χ3n) is 9.37. The van der Waals surface area contributed by atoms with E-state index < -0.39 is 17.8 Å². The molecular weight excluding hydrogens is 507 g/mol. The Hall–Kier alpha value is -3.55. The summed E-state index contributed by atoms with van der Waals surface area (Å²) in [7, 11) is 0. The Kier molecular flexibility index (Phi) is 7.19. The lowest BCUT2D eigenvalue weighted by molar-refractivity contribution is -0.0665. The van der Waals surface area contributed by atoms with Gasteiger partial charge in [-0.15, -0.1) is 0 Å². The lowest BCUT2D eigenvalue weighted by Gasteiger charge is -2.54. The summed E-state index contributed by atoms with van der Waals surface area (Å²) >= 11 is 0. The molecule has 4 atom stereocenters. The summed E-state index contributed by atoms with van der Waals surface area (Å²) in [4.78, 5) is 33.3. The van der Waals surface area contributed by atoms with Crippen LogP contribution in [0.3, 0.4) is 0 Å². The second-order valence-corrected chi connectivity index (χ2v) is 11.7. The molecule has 0 amide bonds. The van der Waals surface area contributed by atoms with Gasteiger partial charge in [-0.2, -0.15) is 0 Å². The summed E-state index contributed by atoms with van der Waals surface area (Å²) in [6.07, 6.45) is 3.49. The molecule has 7 heteroatoms. The first-order valence-electron chi connectivity index (χ1n) is 14.2. The van der Waals surface area contributed by atoms with Gasteiger partial charge in [0.25, 0.3) is 0 Å². The van der Waals surface area contributed by atoms with Crippen molar-refractivity contribution in [3.63, 3.8) is 0 Å². The van der Waals surface area contributed by atoms with Gasteiger partial charge in [-0.3, -0.25) is 19.4 Å². The van der Waals surface area contributed by atoms with Gasteiger partial charge in [0.15, 0.2) is 11.6 Å². The third kappa shape index (κ3) is 4.93. The lowest BCUT2D eigenvalue weighted by atomic mass is 9.67. The summed E-state index contributed by atoms with van der Waals surface area (Å²) in [6, 6.07) is 17.5. The first-order chi connectivity index (χ1) is 19.3. The maximum atomic E-state index is 15.0. The fourth-order valence-corrected chi connectivity index (χ4v) is 7.30. The van der Waals surface area contributed by atoms with E-state index in [0.29, 0.717) is 41.3 Å². The van der Waals surface area contributed by atoms with Crippen LogP contribution in [0.15, 0.2) is 66.7 Å². The van der Waals surface area contributed by atoms with Crippen molar-refractivity contribution < 1.29 is 24.2 Å². The van der Waals surface area contributed by atoms with Crippen molar-refractivity contribution in [3.05, 3.63) is 94.8 Å². The van der Waals surface area contributed by atoms with Crippen LogP contribution in [0.25, 0.3) is 0 Å². The zero-order valence-electron chi connectivity index (χ0n) is 22.7. The van der Waals surface area contributed by atoms with Gasteiger partial charge in [-0.05, 0) is 86.7 Å². The molecule has 0 spiro atoms. The monoisotopic (exact) mass is 542 g/mol. The summed E-state index contributed by atoms with van der Waals surface area (Å²) in [5.74, 6) is -1.92. The first kappa shape index (κ1) is 26.7. The van der Waals surface area contributed by atoms with E-state index in [0.717, 1.165) is 19.5 Å². The number of carbonyl (C=O) groups is 2. The number of phenols is 2. The second kappa shape index (κ2) is 10.8. The van der Waals surface area contributed by atoms with Gasteiger partial charge in [-0.25, -0.2) is 4.39 Å². The van der Waals surface area contributed by atoms with Crippen LogP contribution in [0.4, 0.5) is 4.39 Å². The molecule has 0 aromatic heterocycles. The number of benzene rings is 3. The van der Waals surface area contributed by atoms with Crippen LogP contribution >= 0.6 is 0 Å². The molecule has 2 N–H and O–H groups in total. The van der Waals surface area contributed by atoms with Crippen LogP contribution in [-0.4, -0.2) is 63.9 Å². The van der Waals surface area contributed by atoms with Crippen molar-refractivity contribution in [2.24, 2.45) is 17.8 Å². The van der Waals surface area contributed by atoms with E-state index in [1.54, 1.807) is 37.3 Å². The molecule has 3 aromatic carbocycles. The predicted molar refractivity (Wildman–Crippen MR) is 150 cm³/mol. The molecular formula is C33H35FN2O4. The molecule has 0 saturated carbocycles. The molecule has 7 rings (SSSR count). The molecule has 40 heavy (non-hydrogen) atoms. The number of Topliss-reactive ketones (excluding diaryl/α,β-unsaturated/α-hetero) is 2. The number of carbonyl (C=O) groups excluding carboxylic acids is 2. The maximum Gasteiger partial charge on any atom is 0.167 e. The summed E-state index contributed by atoms with van der Waals surface area (Å²) in [6.45, 7) is 4.59. The van der Waals surface area contributed by atoms with Gasteiger partial charge in [0.05, 0.1) is 6.17 Å². The van der Waals surface area contributed by atoms with Gasteiger partial charge in [0, 0.05) is 42.0 Å². The number of likely N-dealkylation sites (tertiary alicyclic amines) is 1. The quantitative estimate of drug-likeness (QED) is 0.407. The van der Waals surface area contributed by atoms with E-state index in [1.807, 2.05) is 6.07 Å². The molecule has 6 nitrogen and oxygen atoms in total. The Morgan fingerprint density at radius 1 is 0.800 bits per heavy atom. The number of nitrogens with zero attached hydrogens (tertiary/aromatic N) is 2. The highest BCUT2D eigenvalue weighted by molar-refractivity contribution is 6.02. The largest absolute Gasteiger partial charge is 0.508 e. The number of hydrogen-bond acceptors (Lipinski definition) is 6. The van der Waals surface area contributed by atoms with Crippen molar-refractivity contribution in [1.29, 1.82) is 0 Å². The van der Waals surface area contributed by atoms with Crippen LogP contribution in [0.1, 0.15) is 57.0 Å². The normalized spacial score (nSPS) is 28.4. The van der Waals surface area contributed by atoms with Crippen molar-refractivity contribution in [2.45, 2.75) is 38.3 Å². The highest BCUT2D eigenvalue weighted by atomic mass is 19.1. The number of hydrogen-bond donors (Lipinski definition) is 2. The molecule has 4 heterocycles. The van der Waals surface area contributed by atoms with Gasteiger partial charge in [0.1, 0.15) is 17.3 Å². The van der Waals surface area contributed by atoms with E-state index in [2.05, 4.69) is 9.80 Å². The van der Waals surface area contributed by atoms with Crippen LogP contribution in [0.5, 0.6) is 11.5 Å². The summed E-state index contributed by atoms with van der Waals surface area (Å²) in [5, 5.41) is 20.3. The van der Waals surface area contributed by atoms with Crippen LogP contribution in [-0.2, 0) is 0 Å². The minimum absolute atomic E-state index is 0.0000836. The minimum Gasteiger partial charge on any atom is -0.508 e. The zero-order chi connectivity index (χ0) is 28.0. The van der Waals surface area contributed by atoms with E-state index in [-0.39, 0.29) is 35.0 Å². The van der Waals surface area contributed by atoms with Gasteiger partial charge in [0.2, 0.25) is 0 Å². The van der Waals surface area contributed by atoms with E-state index in [1.165, 1.54) is 43.2 Å². The number of rotatable bonds is 6. The van der Waals surface area contributed by atoms with Gasteiger partial charge >= 0.3 is 0 Å². The fraction of sp³-hybridized carbons (Fsp3) is 0.394. The minimum atomic E-state index is -0.635. The molecule has 4 aliphatic heterocycles. The summed E-state index contributed by atoms with van der Waals surface area (Å²) in [5.41, 5.74) is 1.84. The van der Waals surface area contributed by atoms with E-state index in [9.17, 15) is 24.2 Å². The topological polar surface area (TPSA) is 81.1 Å². The SMILES string of the molecule is Cc1c(F)cccc1[C@H]1[C@@H](C(=O)c2cccc(O)c2)CN([C@@H]2CC3CCN2CC3)C[C@H]1C(=O)c1cccc(O)c1. The molecule has 2 bridgehead atoms. The zero-order valence-corrected chi connectivity index (χ0v) is 22.7. The van der Waals surface area contributed by atoms with Gasteiger partial charge < -0.3 is 10.2 Å². The molecule has 4 fully saturated rings. The molecule has 4 saturated heterocycles. The first-order valence-corrected chi connectivity index (χ1v) is 14.2. The molecule has 208 valence electrons. The van der Waals surface area contributed by atoms with E-state index in [4.69, 9.17) is 0 Å². The average Bonchev–Trinajstić information content (AvgIpc) is 2.98. The fourth-order valence-electron chi connectivity index (χ4n) is 7.30. The maximum absolute atomic E-state index is 15.0. The number of aromatic hydroxyl groups is 2. The van der Waals surface area contributed by atoms with E-state index >= 15 is 0 Å². The number of phenolic OH excluding ortho intramolecular Hbond substituents is 2. The Bertz CT molecular complexity index is 1370. The molecule has 0 radical (unpaired) electrons. The summed E-state index contributed by atoms with van der Waals surface area (Å²) < 4.78 is 15.0. The van der Waals surface area contributed by atoms with Crippen molar-refractivity contribution >= 4 is 11.6 Å². The van der Waals surface area contributed by atoms with Crippen LogP contribution in [0, 0.1) is 30.5 Å². The number of fused-ring (bicyclic) bond motifs is 3. The van der Waals surface area contributed by atoms with Crippen molar-refractivity contribution in [2.75, 3.05) is 26.2 Å². The Morgan fingerprint density at radius 3 is 1.85 bits per heavy atom. The number of piperidine rings is 4. The Morgan fingerprint density at radius 2 is 1.35 bits per heavy atom. The average molecular weight is 543 g/mol. The number of ketones is 2. The molecule has 4 aliphatic rings. The predicted octanol–water partition coefficient (Wildman–Crippen LogP) is 5.38.